The van der Waals surface area contributed by atoms with Gasteiger partial charge in [0.05, 0.1) is 0 Å². The topological polar surface area (TPSA) is 95.9 Å². The van der Waals surface area contributed by atoms with Crippen LogP contribution in [-0.4, -0.2) is 34.2 Å². The fourth-order valence-corrected chi connectivity index (χ4v) is 2.72. The second kappa shape index (κ2) is 10.5. The van der Waals surface area contributed by atoms with E-state index in [4.69, 9.17) is 4.74 Å². The van der Waals surface area contributed by atoms with E-state index in [1.807, 2.05) is 44.2 Å². The van der Waals surface area contributed by atoms with Gasteiger partial charge in [-0.15, -0.1) is 0 Å². The number of carboxylic acids is 1. The Morgan fingerprint density at radius 1 is 1.00 bits per heavy atom. The monoisotopic (exact) mass is 385 g/mol. The first-order valence-corrected chi connectivity index (χ1v) is 9.32. The van der Waals surface area contributed by atoms with Crippen molar-refractivity contribution in [3.63, 3.8) is 0 Å². The van der Waals surface area contributed by atoms with Crippen molar-refractivity contribution in [1.82, 2.24) is 5.32 Å². The number of carbonyl (C=O) groups excluding carboxylic acids is 1. The molecule has 0 aliphatic rings. The number of hydrogen-bond donors (Lipinski definition) is 3. The van der Waals surface area contributed by atoms with E-state index < -0.39 is 24.0 Å². The number of ether oxygens (including phenoxy) is 1. The largest absolute Gasteiger partial charge is 0.489 e. The maximum atomic E-state index is 12.0. The highest BCUT2D eigenvalue weighted by atomic mass is 16.5. The lowest BCUT2D eigenvalue weighted by Gasteiger charge is -2.18. The van der Waals surface area contributed by atoms with Gasteiger partial charge in [0.2, 0.25) is 5.91 Å². The smallest absolute Gasteiger partial charge is 0.326 e. The first-order valence-electron chi connectivity index (χ1n) is 9.32. The van der Waals surface area contributed by atoms with E-state index in [2.05, 4.69) is 5.32 Å². The van der Waals surface area contributed by atoms with Crippen LogP contribution in [0, 0.1) is 5.92 Å². The molecule has 28 heavy (non-hydrogen) atoms. The zero-order valence-corrected chi connectivity index (χ0v) is 16.2. The van der Waals surface area contributed by atoms with Crippen molar-refractivity contribution >= 4 is 11.9 Å². The first kappa shape index (κ1) is 21.4. The number of aliphatic hydroxyl groups excluding tert-OH is 1. The van der Waals surface area contributed by atoms with Crippen molar-refractivity contribution < 1.29 is 24.5 Å². The van der Waals surface area contributed by atoms with Gasteiger partial charge in [-0.25, -0.2) is 4.79 Å². The Labute approximate surface area is 165 Å². The van der Waals surface area contributed by atoms with Crippen LogP contribution in [0.5, 0.6) is 5.75 Å². The number of carboxylic acid groups (broad SMARTS) is 1. The first-order chi connectivity index (χ1) is 13.3. The second-order valence-electron chi connectivity index (χ2n) is 7.17. The van der Waals surface area contributed by atoms with Gasteiger partial charge in [-0.2, -0.15) is 0 Å². The maximum absolute atomic E-state index is 12.0. The molecule has 0 saturated heterocycles. The van der Waals surface area contributed by atoms with Crippen LogP contribution in [0.15, 0.2) is 54.6 Å². The van der Waals surface area contributed by atoms with Crippen molar-refractivity contribution in [2.45, 2.75) is 45.4 Å². The molecule has 0 radical (unpaired) electrons. The van der Waals surface area contributed by atoms with E-state index >= 15 is 0 Å². The average Bonchev–Trinajstić information content (AvgIpc) is 2.67. The summed E-state index contributed by atoms with van der Waals surface area (Å²) in [7, 11) is 0. The third-order valence-electron chi connectivity index (χ3n) is 4.22. The van der Waals surface area contributed by atoms with Gasteiger partial charge in [-0.3, -0.25) is 4.79 Å². The molecule has 2 atom stereocenters. The molecule has 0 fully saturated rings. The van der Waals surface area contributed by atoms with Crippen LogP contribution in [0.2, 0.25) is 0 Å². The zero-order valence-electron chi connectivity index (χ0n) is 16.2. The number of benzene rings is 2. The van der Waals surface area contributed by atoms with Gasteiger partial charge in [0.1, 0.15) is 24.5 Å². The highest BCUT2D eigenvalue weighted by Crippen LogP contribution is 2.16. The Morgan fingerprint density at radius 2 is 1.64 bits per heavy atom. The summed E-state index contributed by atoms with van der Waals surface area (Å²) in [6, 6.07) is 15.8. The average molecular weight is 385 g/mol. The predicted molar refractivity (Wildman–Crippen MR) is 106 cm³/mol. The number of amides is 1. The summed E-state index contributed by atoms with van der Waals surface area (Å²) >= 11 is 0. The predicted octanol–water partition coefficient (Wildman–Crippen LogP) is 2.78. The number of aliphatic carboxylic acids is 1. The summed E-state index contributed by atoms with van der Waals surface area (Å²) in [5, 5.41) is 21.7. The van der Waals surface area contributed by atoms with Crippen molar-refractivity contribution in [3.8, 4) is 5.75 Å². The molecule has 0 saturated carbocycles. The van der Waals surface area contributed by atoms with Crippen LogP contribution in [-0.2, 0) is 22.6 Å². The quantitative estimate of drug-likeness (QED) is 0.584. The van der Waals surface area contributed by atoms with Gasteiger partial charge in [0.15, 0.2) is 0 Å². The summed E-state index contributed by atoms with van der Waals surface area (Å²) in [6.07, 6.45) is -0.810. The number of nitrogens with one attached hydrogen (secondary N) is 1. The van der Waals surface area contributed by atoms with Gasteiger partial charge < -0.3 is 20.3 Å². The molecule has 150 valence electrons. The molecule has 2 aromatic rings. The summed E-state index contributed by atoms with van der Waals surface area (Å²) < 4.78 is 5.71. The number of aliphatic hydroxyl groups is 1. The molecule has 0 unspecified atom stereocenters. The molecule has 0 bridgehead atoms. The Balaban J connectivity index is 1.92. The van der Waals surface area contributed by atoms with Crippen LogP contribution < -0.4 is 10.1 Å². The Hall–Kier alpha value is -2.86. The number of carbonyl (C=O) groups is 2. The third-order valence-corrected chi connectivity index (χ3v) is 4.22. The van der Waals surface area contributed by atoms with Crippen molar-refractivity contribution in [2.75, 3.05) is 0 Å². The molecule has 0 aliphatic heterocycles. The van der Waals surface area contributed by atoms with E-state index in [-0.39, 0.29) is 18.8 Å². The van der Waals surface area contributed by atoms with E-state index in [0.717, 1.165) is 11.1 Å². The normalized spacial score (nSPS) is 13.0. The van der Waals surface area contributed by atoms with E-state index in [1.54, 1.807) is 24.3 Å². The van der Waals surface area contributed by atoms with Gasteiger partial charge in [-0.05, 0) is 35.6 Å². The van der Waals surface area contributed by atoms with E-state index in [1.165, 1.54) is 0 Å². The zero-order chi connectivity index (χ0) is 20.5. The second-order valence-corrected chi connectivity index (χ2v) is 7.17. The van der Waals surface area contributed by atoms with E-state index in [9.17, 15) is 19.8 Å². The number of rotatable bonds is 10. The summed E-state index contributed by atoms with van der Waals surface area (Å²) in [4.78, 5) is 23.5. The van der Waals surface area contributed by atoms with Gasteiger partial charge in [0, 0.05) is 6.42 Å². The molecule has 2 rings (SSSR count). The molecule has 1 amide bonds. The highest BCUT2D eigenvalue weighted by Gasteiger charge is 2.24. The summed E-state index contributed by atoms with van der Waals surface area (Å²) in [5.74, 6) is -0.998. The molecule has 0 heterocycles. The molecule has 0 spiro atoms. The van der Waals surface area contributed by atoms with Gasteiger partial charge in [-0.1, -0.05) is 56.3 Å². The van der Waals surface area contributed by atoms with Gasteiger partial charge >= 0.3 is 5.97 Å². The standard InChI is InChI=1S/C22H27NO5/c1-15(2)12-20(24)21(25)23-19(22(26)27)13-16-8-10-18(11-9-16)28-14-17-6-4-3-5-7-17/h3-11,15,19-20,24H,12-14H2,1-2H3,(H,23,25)(H,26,27)/t19-,20+/m1/s1. The van der Waals surface area contributed by atoms with Crippen molar-refractivity contribution in [3.05, 3.63) is 65.7 Å². The molecule has 6 heteroatoms. The van der Waals surface area contributed by atoms with Crippen molar-refractivity contribution in [1.29, 1.82) is 0 Å². The highest BCUT2D eigenvalue weighted by molar-refractivity contribution is 5.86. The van der Waals surface area contributed by atoms with Gasteiger partial charge in [0.25, 0.3) is 0 Å². The Bertz CT molecular complexity index is 758. The molecule has 6 nitrogen and oxygen atoms in total. The maximum Gasteiger partial charge on any atom is 0.326 e. The Kier molecular flexibility index (Phi) is 8.02. The molecule has 0 aromatic heterocycles. The summed E-state index contributed by atoms with van der Waals surface area (Å²) in [5.41, 5.74) is 1.80. The van der Waals surface area contributed by atoms with E-state index in [0.29, 0.717) is 12.4 Å². The third kappa shape index (κ3) is 7.04. The lowest BCUT2D eigenvalue weighted by Crippen LogP contribution is -2.46. The minimum atomic E-state index is -1.21. The van der Waals surface area contributed by atoms with Crippen LogP contribution >= 0.6 is 0 Å². The Morgan fingerprint density at radius 3 is 2.21 bits per heavy atom. The minimum absolute atomic E-state index is 0.119. The summed E-state index contributed by atoms with van der Waals surface area (Å²) in [6.45, 7) is 4.21. The lowest BCUT2D eigenvalue weighted by atomic mass is 10.0. The van der Waals surface area contributed by atoms with Crippen LogP contribution in [0.3, 0.4) is 0 Å². The molecule has 2 aromatic carbocycles. The van der Waals surface area contributed by atoms with Crippen LogP contribution in [0.25, 0.3) is 0 Å². The molecular weight excluding hydrogens is 358 g/mol. The van der Waals surface area contributed by atoms with Crippen molar-refractivity contribution in [2.24, 2.45) is 5.92 Å². The fraction of sp³-hybridized carbons (Fsp3) is 0.364. The molecule has 3 N–H and O–H groups in total. The van der Waals surface area contributed by atoms with Crippen LogP contribution in [0.4, 0.5) is 0 Å². The lowest BCUT2D eigenvalue weighted by molar-refractivity contribution is -0.143. The number of hydrogen-bond acceptors (Lipinski definition) is 4. The molecular formula is C22H27NO5. The molecule has 0 aliphatic carbocycles. The van der Waals surface area contributed by atoms with Crippen LogP contribution in [0.1, 0.15) is 31.4 Å². The fourth-order valence-electron chi connectivity index (χ4n) is 2.72. The minimum Gasteiger partial charge on any atom is -0.489 e. The SMILES string of the molecule is CC(C)C[C@H](O)C(=O)N[C@H](Cc1ccc(OCc2ccccc2)cc1)C(=O)O.